The van der Waals surface area contributed by atoms with Crippen LogP contribution in [0.25, 0.3) is 0 Å². The zero-order valence-electron chi connectivity index (χ0n) is 12.5. The molecule has 19 heavy (non-hydrogen) atoms. The third-order valence-electron chi connectivity index (χ3n) is 4.20. The molecular formula is C16H26N2O. The number of hydrogen-bond donors (Lipinski definition) is 1. The Morgan fingerprint density at radius 1 is 1.32 bits per heavy atom. The molecule has 1 amide bonds. The quantitative estimate of drug-likeness (QED) is 0.881. The average Bonchev–Trinajstić information content (AvgIpc) is 2.72. The summed E-state index contributed by atoms with van der Waals surface area (Å²) in [6.45, 7) is 7.04. The van der Waals surface area contributed by atoms with E-state index < -0.39 is 0 Å². The van der Waals surface area contributed by atoms with Crippen LogP contribution >= 0.6 is 0 Å². The van der Waals surface area contributed by atoms with Crippen molar-refractivity contribution in [1.29, 1.82) is 0 Å². The van der Waals surface area contributed by atoms with E-state index in [-0.39, 0.29) is 5.91 Å². The number of nitrogens with zero attached hydrogens (tertiary/aromatic N) is 1. The fourth-order valence-electron chi connectivity index (χ4n) is 3.24. The zero-order chi connectivity index (χ0) is 13.8. The van der Waals surface area contributed by atoms with Crippen LogP contribution in [-0.4, -0.2) is 17.0 Å². The normalized spacial score (nSPS) is 16.6. The molecule has 0 atom stereocenters. The number of aryl methyl sites for hydroxylation is 1. The van der Waals surface area contributed by atoms with Crippen molar-refractivity contribution in [1.82, 2.24) is 9.88 Å². The molecule has 0 spiro atoms. The first-order valence-electron chi connectivity index (χ1n) is 7.61. The molecule has 0 bridgehead atoms. The number of hydrogen-bond acceptors (Lipinski definition) is 1. The van der Waals surface area contributed by atoms with Crippen LogP contribution in [0, 0.1) is 13.8 Å². The molecule has 3 nitrogen and oxygen atoms in total. The minimum atomic E-state index is 0.0806. The molecule has 0 unspecified atom stereocenters. The molecule has 1 N–H and O–H groups in total. The van der Waals surface area contributed by atoms with Gasteiger partial charge in [-0.2, -0.15) is 0 Å². The second kappa shape index (κ2) is 6.27. The zero-order valence-corrected chi connectivity index (χ0v) is 12.5. The lowest BCUT2D eigenvalue weighted by atomic mass is 9.95. The highest BCUT2D eigenvalue weighted by molar-refractivity contribution is 5.95. The van der Waals surface area contributed by atoms with E-state index in [1.54, 1.807) is 0 Å². The van der Waals surface area contributed by atoms with Crippen molar-refractivity contribution in [2.24, 2.45) is 0 Å². The van der Waals surface area contributed by atoms with Gasteiger partial charge in [0.1, 0.15) is 0 Å². The maximum atomic E-state index is 12.1. The van der Waals surface area contributed by atoms with E-state index in [1.807, 2.05) is 0 Å². The summed E-state index contributed by atoms with van der Waals surface area (Å²) < 4.78 is 2.39. The Labute approximate surface area is 116 Å². The van der Waals surface area contributed by atoms with Gasteiger partial charge in [-0.05, 0) is 39.2 Å². The van der Waals surface area contributed by atoms with E-state index in [4.69, 9.17) is 0 Å². The largest absolute Gasteiger partial charge is 0.352 e. The van der Waals surface area contributed by atoms with Gasteiger partial charge < -0.3 is 9.88 Å². The second-order valence-electron chi connectivity index (χ2n) is 5.70. The molecular weight excluding hydrogens is 236 g/mol. The minimum Gasteiger partial charge on any atom is -0.352 e. The topological polar surface area (TPSA) is 34.0 Å². The van der Waals surface area contributed by atoms with E-state index in [9.17, 15) is 4.79 Å². The van der Waals surface area contributed by atoms with E-state index in [1.165, 1.54) is 37.8 Å². The molecule has 0 saturated heterocycles. The van der Waals surface area contributed by atoms with Gasteiger partial charge in [-0.15, -0.1) is 0 Å². The van der Waals surface area contributed by atoms with Gasteiger partial charge in [0.2, 0.25) is 0 Å². The summed E-state index contributed by atoms with van der Waals surface area (Å²) in [5.41, 5.74) is 3.22. The van der Waals surface area contributed by atoms with E-state index in [0.717, 1.165) is 24.2 Å². The lowest BCUT2D eigenvalue weighted by Crippen LogP contribution is -2.24. The Kier molecular flexibility index (Phi) is 4.67. The van der Waals surface area contributed by atoms with Crippen molar-refractivity contribution in [2.75, 3.05) is 6.54 Å². The average molecular weight is 262 g/mol. The van der Waals surface area contributed by atoms with Crippen LogP contribution in [0.15, 0.2) is 6.07 Å². The van der Waals surface area contributed by atoms with Crippen LogP contribution in [0.1, 0.15) is 73.2 Å². The highest BCUT2D eigenvalue weighted by Crippen LogP contribution is 2.32. The van der Waals surface area contributed by atoms with Gasteiger partial charge in [-0.1, -0.05) is 26.2 Å². The summed E-state index contributed by atoms with van der Waals surface area (Å²) in [4.78, 5) is 12.1. The minimum absolute atomic E-state index is 0.0806. The van der Waals surface area contributed by atoms with Crippen LogP contribution in [0.2, 0.25) is 0 Å². The number of aromatic nitrogens is 1. The summed E-state index contributed by atoms with van der Waals surface area (Å²) in [5.74, 6) is 0.0806. The van der Waals surface area contributed by atoms with Crippen LogP contribution in [0.4, 0.5) is 0 Å². The second-order valence-corrected chi connectivity index (χ2v) is 5.70. The third kappa shape index (κ3) is 3.02. The van der Waals surface area contributed by atoms with Gasteiger partial charge in [0, 0.05) is 24.0 Å². The van der Waals surface area contributed by atoms with Gasteiger partial charge in [0.25, 0.3) is 5.91 Å². The van der Waals surface area contributed by atoms with E-state index >= 15 is 0 Å². The summed E-state index contributed by atoms with van der Waals surface area (Å²) in [6, 6.07) is 2.65. The Morgan fingerprint density at radius 3 is 2.63 bits per heavy atom. The molecule has 1 fully saturated rings. The Bertz CT molecular complexity index is 442. The SMILES string of the molecule is CCCNC(=O)c1cc(C)n(C2CCCCC2)c1C. The molecule has 3 heteroatoms. The van der Waals surface area contributed by atoms with E-state index in [0.29, 0.717) is 6.04 Å². The van der Waals surface area contributed by atoms with Crippen LogP contribution in [0.3, 0.4) is 0 Å². The lowest BCUT2D eigenvalue weighted by molar-refractivity contribution is 0.0953. The van der Waals surface area contributed by atoms with Crippen molar-refractivity contribution in [2.45, 2.75) is 65.3 Å². The summed E-state index contributed by atoms with van der Waals surface area (Å²) >= 11 is 0. The number of nitrogens with one attached hydrogen (secondary N) is 1. The monoisotopic (exact) mass is 262 g/mol. The summed E-state index contributed by atoms with van der Waals surface area (Å²) in [6.07, 6.45) is 7.49. The molecule has 0 aromatic carbocycles. The number of rotatable bonds is 4. The lowest BCUT2D eigenvalue weighted by Gasteiger charge is -2.26. The van der Waals surface area contributed by atoms with Gasteiger partial charge in [0.15, 0.2) is 0 Å². The van der Waals surface area contributed by atoms with Crippen LogP contribution < -0.4 is 5.32 Å². The van der Waals surface area contributed by atoms with Gasteiger partial charge >= 0.3 is 0 Å². The molecule has 106 valence electrons. The Morgan fingerprint density at radius 2 is 2.00 bits per heavy atom. The van der Waals surface area contributed by atoms with Crippen molar-refractivity contribution < 1.29 is 4.79 Å². The van der Waals surface area contributed by atoms with E-state index in [2.05, 4.69) is 36.7 Å². The highest BCUT2D eigenvalue weighted by atomic mass is 16.1. The summed E-state index contributed by atoms with van der Waals surface area (Å²) in [5, 5.41) is 2.98. The van der Waals surface area contributed by atoms with Gasteiger partial charge in [-0.25, -0.2) is 0 Å². The predicted molar refractivity (Wildman–Crippen MR) is 78.7 cm³/mol. The molecule has 1 saturated carbocycles. The molecule has 1 heterocycles. The highest BCUT2D eigenvalue weighted by Gasteiger charge is 2.22. The summed E-state index contributed by atoms with van der Waals surface area (Å²) in [7, 11) is 0. The number of amides is 1. The van der Waals surface area contributed by atoms with Crippen molar-refractivity contribution in [3.63, 3.8) is 0 Å². The first-order chi connectivity index (χ1) is 9.15. The fourth-order valence-corrected chi connectivity index (χ4v) is 3.24. The number of carbonyl (C=O) groups excluding carboxylic acids is 1. The standard InChI is InChI=1S/C16H26N2O/c1-4-10-17-16(19)15-11-12(2)18(13(15)3)14-8-6-5-7-9-14/h11,14H,4-10H2,1-3H3,(H,17,19). The first-order valence-corrected chi connectivity index (χ1v) is 7.61. The fraction of sp³-hybridized carbons (Fsp3) is 0.688. The predicted octanol–water partition coefficient (Wildman–Crippen LogP) is 3.75. The van der Waals surface area contributed by atoms with Gasteiger partial charge in [0.05, 0.1) is 5.56 Å². The maximum Gasteiger partial charge on any atom is 0.253 e. The Hall–Kier alpha value is -1.25. The van der Waals surface area contributed by atoms with Crippen LogP contribution in [-0.2, 0) is 0 Å². The Balaban J connectivity index is 2.21. The first kappa shape index (κ1) is 14.2. The van der Waals surface area contributed by atoms with Crippen molar-refractivity contribution in [3.05, 3.63) is 23.0 Å². The van der Waals surface area contributed by atoms with Crippen molar-refractivity contribution >= 4 is 5.91 Å². The maximum absolute atomic E-state index is 12.1. The molecule has 0 radical (unpaired) electrons. The molecule has 2 rings (SSSR count). The van der Waals surface area contributed by atoms with Gasteiger partial charge in [-0.3, -0.25) is 4.79 Å². The van der Waals surface area contributed by atoms with Crippen LogP contribution in [0.5, 0.6) is 0 Å². The molecule has 1 aliphatic rings. The number of carbonyl (C=O) groups is 1. The molecule has 1 aromatic rings. The molecule has 1 aromatic heterocycles. The third-order valence-corrected chi connectivity index (χ3v) is 4.20. The molecule has 0 aliphatic heterocycles. The molecule has 1 aliphatic carbocycles. The smallest absolute Gasteiger partial charge is 0.253 e. The van der Waals surface area contributed by atoms with Crippen molar-refractivity contribution in [3.8, 4) is 0 Å².